The van der Waals surface area contributed by atoms with Gasteiger partial charge in [-0.2, -0.15) is 5.26 Å². The fourth-order valence-corrected chi connectivity index (χ4v) is 0.715. The van der Waals surface area contributed by atoms with Crippen LogP contribution in [0.1, 0.15) is 18.1 Å². The van der Waals surface area contributed by atoms with E-state index in [-0.39, 0.29) is 5.82 Å². The average Bonchev–Trinajstić information content (AvgIpc) is 2.52. The minimum atomic E-state index is -3.19. The lowest BCUT2D eigenvalue weighted by molar-refractivity contribution is -0.0104. The van der Waals surface area contributed by atoms with Gasteiger partial charge in [-0.05, 0) is 0 Å². The summed E-state index contributed by atoms with van der Waals surface area (Å²) in [5.74, 6) is -4.27. The highest BCUT2D eigenvalue weighted by atomic mass is 19.3. The topological polar surface area (TPSA) is 63.7 Å². The Morgan fingerprint density at radius 1 is 1.62 bits per heavy atom. The van der Waals surface area contributed by atoms with E-state index in [2.05, 4.69) is 21.8 Å². The third-order valence-corrected chi connectivity index (χ3v) is 1.28. The van der Waals surface area contributed by atoms with Gasteiger partial charge in [-0.1, -0.05) is 6.08 Å². The largest absolute Gasteiger partial charge is 0.347 e. The molecule has 1 heterocycles. The Hall–Kier alpha value is -1.77. The fraction of sp³-hybridized carbons (Fsp3) is 0.286. The van der Waals surface area contributed by atoms with E-state index in [4.69, 9.17) is 5.26 Å². The van der Waals surface area contributed by atoms with Crippen LogP contribution in [-0.4, -0.2) is 10.2 Å². The van der Waals surface area contributed by atoms with Crippen LogP contribution in [0.4, 0.5) is 8.78 Å². The standard InChI is InChI=1S/C7H5F2N4/c1-2-3-7(8,9)6-11-5(4-10)12-13-6/h2H,1,3H2/q-1. The molecule has 1 aromatic heterocycles. The minimum Gasteiger partial charge on any atom is -0.347 e. The number of nitriles is 1. The highest BCUT2D eigenvalue weighted by Gasteiger charge is 2.28. The van der Waals surface area contributed by atoms with Crippen molar-refractivity contribution in [3.05, 3.63) is 24.3 Å². The molecule has 1 rings (SSSR count). The van der Waals surface area contributed by atoms with E-state index in [1.807, 2.05) is 0 Å². The second-order valence-electron chi connectivity index (χ2n) is 2.27. The van der Waals surface area contributed by atoms with Crippen LogP contribution in [0.15, 0.2) is 12.7 Å². The zero-order chi connectivity index (χ0) is 9.90. The lowest BCUT2D eigenvalue weighted by atomic mass is 10.2. The summed E-state index contributed by atoms with van der Waals surface area (Å²) in [6.45, 7) is 3.18. The summed E-state index contributed by atoms with van der Waals surface area (Å²) in [5.41, 5.74) is 0. The van der Waals surface area contributed by atoms with Crippen molar-refractivity contribution >= 4 is 0 Å². The van der Waals surface area contributed by atoms with Crippen molar-refractivity contribution in [3.8, 4) is 6.07 Å². The molecule has 0 fully saturated rings. The number of alkyl halides is 2. The maximum Gasteiger partial charge on any atom is 0.281 e. The molecule has 68 valence electrons. The van der Waals surface area contributed by atoms with Crippen molar-refractivity contribution in [2.45, 2.75) is 12.3 Å². The number of halogens is 2. The predicted octanol–water partition coefficient (Wildman–Crippen LogP) is 0.973. The van der Waals surface area contributed by atoms with Gasteiger partial charge in [0.05, 0.1) is 11.6 Å². The van der Waals surface area contributed by atoms with Crippen molar-refractivity contribution in [3.63, 3.8) is 0 Å². The van der Waals surface area contributed by atoms with Crippen LogP contribution in [0.3, 0.4) is 0 Å². The predicted molar refractivity (Wildman–Crippen MR) is 38.8 cm³/mol. The Morgan fingerprint density at radius 2 is 2.31 bits per heavy atom. The molecular weight excluding hydrogens is 178 g/mol. The lowest BCUT2D eigenvalue weighted by Crippen LogP contribution is -2.15. The van der Waals surface area contributed by atoms with E-state index in [0.29, 0.717) is 0 Å². The number of hydrogen-bond donors (Lipinski definition) is 0. The van der Waals surface area contributed by atoms with Gasteiger partial charge in [0.1, 0.15) is 6.07 Å². The van der Waals surface area contributed by atoms with E-state index in [0.717, 1.165) is 6.08 Å². The van der Waals surface area contributed by atoms with Crippen molar-refractivity contribution < 1.29 is 8.78 Å². The SMILES string of the molecule is C=CCC(F)(F)c1nnc(C#N)[n-]1. The van der Waals surface area contributed by atoms with Gasteiger partial charge in [0.25, 0.3) is 5.92 Å². The van der Waals surface area contributed by atoms with E-state index in [1.165, 1.54) is 6.07 Å². The van der Waals surface area contributed by atoms with Crippen LogP contribution >= 0.6 is 0 Å². The van der Waals surface area contributed by atoms with Crippen LogP contribution < -0.4 is 4.98 Å². The maximum absolute atomic E-state index is 13.0. The number of nitrogens with zero attached hydrogens (tertiary/aromatic N) is 4. The summed E-state index contributed by atoms with van der Waals surface area (Å²) in [6, 6.07) is 1.52. The van der Waals surface area contributed by atoms with Gasteiger partial charge in [-0.3, -0.25) is 0 Å². The van der Waals surface area contributed by atoms with E-state index in [1.54, 1.807) is 0 Å². The Bertz CT molecular complexity index is 350. The maximum atomic E-state index is 13.0. The third-order valence-electron chi connectivity index (χ3n) is 1.28. The molecule has 0 aliphatic rings. The summed E-state index contributed by atoms with van der Waals surface area (Å²) >= 11 is 0. The molecule has 0 N–H and O–H groups in total. The Labute approximate surface area is 72.9 Å². The third kappa shape index (κ3) is 1.87. The van der Waals surface area contributed by atoms with Crippen molar-refractivity contribution in [2.24, 2.45) is 0 Å². The van der Waals surface area contributed by atoms with Crippen molar-refractivity contribution in [2.75, 3.05) is 0 Å². The quantitative estimate of drug-likeness (QED) is 0.655. The molecular formula is C7H5F2N4-. The molecule has 0 radical (unpaired) electrons. The minimum absolute atomic E-state index is 0.348. The zero-order valence-corrected chi connectivity index (χ0v) is 6.54. The van der Waals surface area contributed by atoms with Crippen LogP contribution in [0.25, 0.3) is 0 Å². The van der Waals surface area contributed by atoms with Crippen LogP contribution in [0.2, 0.25) is 0 Å². The summed E-state index contributed by atoms with van der Waals surface area (Å²) in [5, 5.41) is 14.5. The summed E-state index contributed by atoms with van der Waals surface area (Å²) in [6.07, 6.45) is 0.492. The van der Waals surface area contributed by atoms with Gasteiger partial charge in [-0.15, -0.1) is 6.58 Å². The highest BCUT2D eigenvalue weighted by Crippen LogP contribution is 2.28. The molecule has 4 nitrogen and oxygen atoms in total. The van der Waals surface area contributed by atoms with Crippen LogP contribution in [0.5, 0.6) is 0 Å². The molecule has 0 unspecified atom stereocenters. The molecule has 0 amide bonds. The first-order valence-electron chi connectivity index (χ1n) is 3.37. The Balaban J connectivity index is 2.94. The fourth-order valence-electron chi connectivity index (χ4n) is 0.715. The van der Waals surface area contributed by atoms with Gasteiger partial charge in [0.15, 0.2) is 0 Å². The number of rotatable bonds is 3. The summed E-state index contributed by atoms with van der Waals surface area (Å²) in [7, 11) is 0. The monoisotopic (exact) mass is 183 g/mol. The first-order chi connectivity index (χ1) is 6.10. The van der Waals surface area contributed by atoms with E-state index < -0.39 is 18.2 Å². The molecule has 0 aromatic carbocycles. The molecule has 0 atom stereocenters. The normalized spacial score (nSPS) is 10.8. The molecule has 6 heteroatoms. The zero-order valence-electron chi connectivity index (χ0n) is 6.54. The Morgan fingerprint density at radius 3 is 2.77 bits per heavy atom. The van der Waals surface area contributed by atoms with E-state index in [9.17, 15) is 8.78 Å². The van der Waals surface area contributed by atoms with Gasteiger partial charge in [-0.25, -0.2) is 8.78 Å². The number of hydrogen-bond acceptors (Lipinski definition) is 3. The number of allylic oxidation sites excluding steroid dienone is 1. The molecule has 0 saturated heterocycles. The first-order valence-corrected chi connectivity index (χ1v) is 3.37. The van der Waals surface area contributed by atoms with Crippen molar-refractivity contribution in [1.82, 2.24) is 15.2 Å². The molecule has 0 spiro atoms. The van der Waals surface area contributed by atoms with E-state index >= 15 is 0 Å². The summed E-state index contributed by atoms with van der Waals surface area (Å²) in [4.78, 5) is 3.24. The summed E-state index contributed by atoms with van der Waals surface area (Å²) < 4.78 is 25.9. The van der Waals surface area contributed by atoms with Crippen LogP contribution in [-0.2, 0) is 5.92 Å². The smallest absolute Gasteiger partial charge is 0.281 e. The highest BCUT2D eigenvalue weighted by molar-refractivity contribution is 5.10. The Kier molecular flexibility index (Phi) is 2.37. The molecule has 13 heavy (non-hydrogen) atoms. The van der Waals surface area contributed by atoms with Crippen LogP contribution in [0, 0.1) is 11.3 Å². The van der Waals surface area contributed by atoms with Crippen molar-refractivity contribution in [1.29, 1.82) is 5.26 Å². The van der Waals surface area contributed by atoms with Gasteiger partial charge >= 0.3 is 0 Å². The molecule has 1 aromatic rings. The number of aromatic nitrogens is 3. The van der Waals surface area contributed by atoms with Gasteiger partial charge in [0, 0.05) is 6.42 Å². The van der Waals surface area contributed by atoms with Gasteiger partial charge < -0.3 is 15.2 Å². The average molecular weight is 183 g/mol. The second kappa shape index (κ2) is 3.31. The second-order valence-corrected chi connectivity index (χ2v) is 2.27. The molecule has 0 bridgehead atoms. The first kappa shape index (κ1) is 9.32. The van der Waals surface area contributed by atoms with Gasteiger partial charge in [0.2, 0.25) is 0 Å². The molecule has 0 aliphatic carbocycles. The molecule has 0 saturated carbocycles. The molecule has 0 aliphatic heterocycles. The lowest BCUT2D eigenvalue weighted by Gasteiger charge is -2.13.